The fourth-order valence-corrected chi connectivity index (χ4v) is 3.82. The lowest BCUT2D eigenvalue weighted by molar-refractivity contribution is 0.256. The van der Waals surface area contributed by atoms with Crippen molar-refractivity contribution in [3.63, 3.8) is 0 Å². The quantitative estimate of drug-likeness (QED) is 0.830. The molecule has 0 aromatic carbocycles. The number of anilines is 4. The molecule has 2 aliphatic rings. The number of hydrogen-bond donors (Lipinski definition) is 2. The summed E-state index contributed by atoms with van der Waals surface area (Å²) in [4.78, 5) is 30.0. The lowest BCUT2D eigenvalue weighted by Crippen LogP contribution is -2.39. The van der Waals surface area contributed by atoms with Gasteiger partial charge in [0, 0.05) is 32.4 Å². The summed E-state index contributed by atoms with van der Waals surface area (Å²) in [5.41, 5.74) is 0.895. The second-order valence-electron chi connectivity index (χ2n) is 7.54. The molecule has 2 aromatic heterocycles. The van der Waals surface area contributed by atoms with Crippen LogP contribution >= 0.6 is 0 Å². The van der Waals surface area contributed by atoms with Crippen LogP contribution in [0.3, 0.4) is 0 Å². The van der Waals surface area contributed by atoms with Crippen LogP contribution in [-0.2, 0) is 0 Å². The van der Waals surface area contributed by atoms with Gasteiger partial charge in [0.1, 0.15) is 18.0 Å². The number of carbonyl (C=O) groups excluding carboxylic acids is 1. The molecule has 4 heterocycles. The number of carbonyl (C=O) groups is 1. The molecule has 1 unspecified atom stereocenters. The Balaban J connectivity index is 1.62. The van der Waals surface area contributed by atoms with Crippen molar-refractivity contribution in [3.05, 3.63) is 30.7 Å². The monoisotopic (exact) mass is 381 g/mol. The molecule has 8 heteroatoms. The number of nitrogens with zero attached hydrogens (tertiary/aromatic N) is 5. The van der Waals surface area contributed by atoms with E-state index in [1.807, 2.05) is 6.07 Å². The zero-order valence-electron chi connectivity index (χ0n) is 16.3. The second kappa shape index (κ2) is 8.41. The Morgan fingerprint density at radius 3 is 2.96 bits per heavy atom. The van der Waals surface area contributed by atoms with Crippen molar-refractivity contribution in [2.24, 2.45) is 5.92 Å². The van der Waals surface area contributed by atoms with Crippen molar-refractivity contribution in [2.45, 2.75) is 32.6 Å². The summed E-state index contributed by atoms with van der Waals surface area (Å²) in [7, 11) is 0. The highest BCUT2D eigenvalue weighted by Gasteiger charge is 2.25. The minimum atomic E-state index is -0.222. The molecule has 2 N–H and O–H groups in total. The van der Waals surface area contributed by atoms with Gasteiger partial charge in [-0.05, 0) is 49.8 Å². The molecular formula is C20H27N7O. The van der Waals surface area contributed by atoms with E-state index in [0.717, 1.165) is 44.0 Å². The van der Waals surface area contributed by atoms with Crippen molar-refractivity contribution in [1.29, 1.82) is 0 Å². The first-order valence-electron chi connectivity index (χ1n) is 10.0. The van der Waals surface area contributed by atoms with Crippen LogP contribution in [0.1, 0.15) is 32.6 Å². The number of nitrogens with one attached hydrogen (secondary N) is 2. The number of rotatable bonds is 2. The molecule has 8 nitrogen and oxygen atoms in total. The molecule has 4 rings (SSSR count). The molecule has 0 spiro atoms. The van der Waals surface area contributed by atoms with Crippen molar-refractivity contribution < 1.29 is 4.79 Å². The molecule has 2 aromatic rings. The SMILES string of the molecule is CC1CCCN(c2ccc3c(n2)N(C(=O)Nc2ccncn2)CCCCN3)C1. The third kappa shape index (κ3) is 4.16. The predicted octanol–water partition coefficient (Wildman–Crippen LogP) is 3.35. The maximum absolute atomic E-state index is 13.0. The van der Waals surface area contributed by atoms with Crippen LogP contribution in [0.4, 0.5) is 27.9 Å². The molecule has 0 bridgehead atoms. The normalized spacial score (nSPS) is 19.8. The molecule has 1 fully saturated rings. The number of pyridine rings is 1. The van der Waals surface area contributed by atoms with E-state index in [1.165, 1.54) is 19.2 Å². The number of fused-ring (bicyclic) bond motifs is 1. The maximum Gasteiger partial charge on any atom is 0.328 e. The van der Waals surface area contributed by atoms with Crippen LogP contribution in [0.15, 0.2) is 30.7 Å². The van der Waals surface area contributed by atoms with Crippen molar-refractivity contribution in [3.8, 4) is 0 Å². The number of aromatic nitrogens is 3. The molecule has 1 atom stereocenters. The third-order valence-electron chi connectivity index (χ3n) is 5.28. The fourth-order valence-electron chi connectivity index (χ4n) is 3.82. The number of piperidine rings is 1. The fraction of sp³-hybridized carbons (Fsp3) is 0.500. The number of amides is 2. The van der Waals surface area contributed by atoms with Gasteiger partial charge in [-0.3, -0.25) is 10.2 Å². The third-order valence-corrected chi connectivity index (χ3v) is 5.28. The van der Waals surface area contributed by atoms with Crippen LogP contribution in [-0.4, -0.2) is 47.2 Å². The second-order valence-corrected chi connectivity index (χ2v) is 7.54. The van der Waals surface area contributed by atoms with Gasteiger partial charge in [0.05, 0.1) is 5.69 Å². The Labute approximate surface area is 165 Å². The Hall–Kier alpha value is -2.90. The summed E-state index contributed by atoms with van der Waals surface area (Å²) in [6, 6.07) is 5.57. The predicted molar refractivity (Wildman–Crippen MR) is 111 cm³/mol. The summed E-state index contributed by atoms with van der Waals surface area (Å²) >= 11 is 0. The maximum atomic E-state index is 13.0. The van der Waals surface area contributed by atoms with Gasteiger partial charge >= 0.3 is 6.03 Å². The molecule has 0 saturated carbocycles. The average Bonchev–Trinajstić information content (AvgIpc) is 2.69. The van der Waals surface area contributed by atoms with Crippen molar-refractivity contribution >= 4 is 29.2 Å². The lowest BCUT2D eigenvalue weighted by atomic mass is 10.0. The highest BCUT2D eigenvalue weighted by molar-refractivity contribution is 6.02. The number of urea groups is 1. The Morgan fingerprint density at radius 2 is 2.14 bits per heavy atom. The zero-order valence-corrected chi connectivity index (χ0v) is 16.3. The van der Waals surface area contributed by atoms with Crippen LogP contribution < -0.4 is 20.4 Å². The van der Waals surface area contributed by atoms with E-state index in [4.69, 9.17) is 4.98 Å². The van der Waals surface area contributed by atoms with E-state index in [0.29, 0.717) is 24.1 Å². The van der Waals surface area contributed by atoms with E-state index in [9.17, 15) is 4.79 Å². The molecule has 0 aliphatic carbocycles. The Kier molecular flexibility index (Phi) is 5.55. The van der Waals surface area contributed by atoms with Crippen LogP contribution in [0.25, 0.3) is 0 Å². The van der Waals surface area contributed by atoms with E-state index < -0.39 is 0 Å². The summed E-state index contributed by atoms with van der Waals surface area (Å²) in [5.74, 6) is 2.76. The summed E-state index contributed by atoms with van der Waals surface area (Å²) in [6.45, 7) is 5.81. The smallest absolute Gasteiger partial charge is 0.328 e. The van der Waals surface area contributed by atoms with Crippen LogP contribution in [0.2, 0.25) is 0 Å². The van der Waals surface area contributed by atoms with Crippen LogP contribution in [0, 0.1) is 5.92 Å². The Morgan fingerprint density at radius 1 is 1.21 bits per heavy atom. The summed E-state index contributed by atoms with van der Waals surface area (Å²) in [6.07, 6.45) is 7.39. The molecule has 148 valence electrons. The van der Waals surface area contributed by atoms with E-state index in [1.54, 1.807) is 17.2 Å². The summed E-state index contributed by atoms with van der Waals surface area (Å²) < 4.78 is 0. The van der Waals surface area contributed by atoms with Gasteiger partial charge in [-0.2, -0.15) is 0 Å². The molecular weight excluding hydrogens is 354 g/mol. The van der Waals surface area contributed by atoms with E-state index >= 15 is 0 Å². The van der Waals surface area contributed by atoms with Gasteiger partial charge < -0.3 is 10.2 Å². The molecule has 28 heavy (non-hydrogen) atoms. The average molecular weight is 381 g/mol. The number of hydrogen-bond acceptors (Lipinski definition) is 6. The first-order valence-corrected chi connectivity index (χ1v) is 10.0. The van der Waals surface area contributed by atoms with E-state index in [-0.39, 0.29) is 6.03 Å². The van der Waals surface area contributed by atoms with Gasteiger partial charge in [0.15, 0.2) is 5.82 Å². The van der Waals surface area contributed by atoms with Crippen molar-refractivity contribution in [2.75, 3.05) is 46.6 Å². The molecule has 2 aliphatic heterocycles. The molecule has 0 radical (unpaired) electrons. The van der Waals surface area contributed by atoms with Gasteiger partial charge in [-0.1, -0.05) is 6.92 Å². The van der Waals surface area contributed by atoms with Crippen LogP contribution in [0.5, 0.6) is 0 Å². The minimum absolute atomic E-state index is 0.222. The largest absolute Gasteiger partial charge is 0.382 e. The first kappa shape index (κ1) is 18.5. The summed E-state index contributed by atoms with van der Waals surface area (Å²) in [5, 5.41) is 6.29. The van der Waals surface area contributed by atoms with Gasteiger partial charge in [0.2, 0.25) is 0 Å². The lowest BCUT2D eigenvalue weighted by Gasteiger charge is -2.33. The molecule has 1 saturated heterocycles. The zero-order chi connectivity index (χ0) is 19.3. The van der Waals surface area contributed by atoms with Gasteiger partial charge in [-0.15, -0.1) is 0 Å². The standard InChI is InChI=1S/C20H27N7O/c1-15-5-4-11-26(13-15)18-7-6-16-19(25-18)27(12-3-2-9-22-16)20(28)24-17-8-10-21-14-23-17/h6-8,10,14-15,22H,2-5,9,11-13H2,1H3,(H,21,23,24,28). The van der Waals surface area contributed by atoms with Gasteiger partial charge in [-0.25, -0.2) is 19.7 Å². The topological polar surface area (TPSA) is 86.3 Å². The highest BCUT2D eigenvalue weighted by atomic mass is 16.2. The van der Waals surface area contributed by atoms with E-state index in [2.05, 4.69) is 38.5 Å². The Bertz CT molecular complexity index is 813. The first-order chi connectivity index (χ1) is 13.7. The minimum Gasteiger partial charge on any atom is -0.382 e. The van der Waals surface area contributed by atoms with Gasteiger partial charge in [0.25, 0.3) is 0 Å². The molecule has 2 amide bonds. The van der Waals surface area contributed by atoms with Crippen molar-refractivity contribution in [1.82, 2.24) is 15.0 Å². The highest BCUT2D eigenvalue weighted by Crippen LogP contribution is 2.31.